The Hall–Kier alpha value is -2.87. The van der Waals surface area contributed by atoms with Crippen LogP contribution in [0, 0.1) is 0 Å². The molecule has 1 aromatic carbocycles. The maximum absolute atomic E-state index is 12.9. The highest BCUT2D eigenvalue weighted by Crippen LogP contribution is 2.31. The van der Waals surface area contributed by atoms with Crippen molar-refractivity contribution in [2.24, 2.45) is 0 Å². The molecule has 1 aromatic heterocycles. The number of nitrogens with zero attached hydrogens (tertiary/aromatic N) is 2. The molecule has 1 atom stereocenters. The van der Waals surface area contributed by atoms with Crippen LogP contribution in [0.5, 0.6) is 5.75 Å². The summed E-state index contributed by atoms with van der Waals surface area (Å²) in [4.78, 5) is 42.1. The molecule has 0 spiro atoms. The molecular weight excluding hydrogens is 414 g/mol. The van der Waals surface area contributed by atoms with Gasteiger partial charge in [0.05, 0.1) is 7.11 Å². The third-order valence-corrected chi connectivity index (χ3v) is 6.96. The van der Waals surface area contributed by atoms with E-state index in [-0.39, 0.29) is 29.8 Å². The number of benzene rings is 1. The fourth-order valence-electron chi connectivity index (χ4n) is 4.37. The van der Waals surface area contributed by atoms with Crippen molar-refractivity contribution in [2.75, 3.05) is 31.6 Å². The van der Waals surface area contributed by atoms with Gasteiger partial charge in [-0.3, -0.25) is 14.4 Å². The van der Waals surface area contributed by atoms with Gasteiger partial charge in [-0.1, -0.05) is 12.1 Å². The van der Waals surface area contributed by atoms with E-state index < -0.39 is 0 Å². The van der Waals surface area contributed by atoms with Gasteiger partial charge in [-0.15, -0.1) is 11.3 Å². The number of hydrogen-bond acceptors (Lipinski definition) is 5. The minimum absolute atomic E-state index is 0.0367. The molecule has 8 heteroatoms. The first kappa shape index (κ1) is 21.4. The van der Waals surface area contributed by atoms with Gasteiger partial charge < -0.3 is 19.9 Å². The average Bonchev–Trinajstić information content (AvgIpc) is 3.42. The number of amides is 3. The Morgan fingerprint density at radius 1 is 1.23 bits per heavy atom. The van der Waals surface area contributed by atoms with Crippen LogP contribution in [0.25, 0.3) is 0 Å². The van der Waals surface area contributed by atoms with Crippen LogP contribution in [-0.2, 0) is 20.8 Å². The summed E-state index contributed by atoms with van der Waals surface area (Å²) in [6.07, 6.45) is 2.88. The number of piperazine rings is 1. The summed E-state index contributed by atoms with van der Waals surface area (Å²) in [5.41, 5.74) is 0.407. The third-order valence-electron chi connectivity index (χ3n) is 6.08. The molecule has 0 bridgehead atoms. The second-order valence-corrected chi connectivity index (χ2v) is 9.18. The van der Waals surface area contributed by atoms with E-state index in [9.17, 15) is 14.4 Å². The summed E-state index contributed by atoms with van der Waals surface area (Å²) >= 11 is 1.67. The molecule has 164 valence electrons. The Labute approximate surface area is 186 Å². The zero-order valence-corrected chi connectivity index (χ0v) is 18.5. The molecule has 2 saturated heterocycles. The van der Waals surface area contributed by atoms with E-state index in [1.54, 1.807) is 28.2 Å². The number of carbonyl (C=O) groups is 3. The van der Waals surface area contributed by atoms with Gasteiger partial charge in [0.15, 0.2) is 0 Å². The Morgan fingerprint density at radius 2 is 2.10 bits per heavy atom. The molecule has 1 N–H and O–H groups in total. The smallest absolute Gasteiger partial charge is 0.246 e. The number of rotatable bonds is 7. The lowest BCUT2D eigenvalue weighted by atomic mass is 9.87. The zero-order chi connectivity index (χ0) is 21.8. The van der Waals surface area contributed by atoms with Crippen molar-refractivity contribution >= 4 is 34.7 Å². The number of carbonyl (C=O) groups excluding carboxylic acids is 3. The standard InChI is InChI=1S/C23H27N3O4S/c1-30-18-5-2-4-17(14-18)26-12-11-25(16-22(26)29)21(28)8-10-23(9-7-20(27)24-23)15-19-6-3-13-31-19/h2-6,13-14H,7-12,15-16H2,1H3,(H,24,27)/t23-/m1/s1. The molecule has 2 aliphatic heterocycles. The molecule has 7 nitrogen and oxygen atoms in total. The first-order valence-corrected chi connectivity index (χ1v) is 11.4. The maximum Gasteiger partial charge on any atom is 0.246 e. The average molecular weight is 442 g/mol. The van der Waals surface area contributed by atoms with E-state index in [0.29, 0.717) is 38.1 Å². The molecule has 2 aliphatic rings. The van der Waals surface area contributed by atoms with Gasteiger partial charge in [0, 0.05) is 54.5 Å². The molecular formula is C23H27N3O4S. The summed E-state index contributed by atoms with van der Waals surface area (Å²) in [5, 5.41) is 5.15. The predicted octanol–water partition coefficient (Wildman–Crippen LogP) is 2.60. The normalized spacial score (nSPS) is 21.3. The highest BCUT2D eigenvalue weighted by Gasteiger charge is 2.39. The summed E-state index contributed by atoms with van der Waals surface area (Å²) < 4.78 is 5.24. The summed E-state index contributed by atoms with van der Waals surface area (Å²) in [6.45, 7) is 1.02. The van der Waals surface area contributed by atoms with Crippen LogP contribution in [0.4, 0.5) is 5.69 Å². The largest absolute Gasteiger partial charge is 0.497 e. The summed E-state index contributed by atoms with van der Waals surface area (Å²) in [7, 11) is 1.59. The second-order valence-electron chi connectivity index (χ2n) is 8.15. The van der Waals surface area contributed by atoms with Crippen LogP contribution in [0.3, 0.4) is 0 Å². The molecule has 2 fully saturated rings. The van der Waals surface area contributed by atoms with Gasteiger partial charge in [0.25, 0.3) is 0 Å². The fraction of sp³-hybridized carbons (Fsp3) is 0.435. The van der Waals surface area contributed by atoms with Crippen molar-refractivity contribution in [2.45, 2.75) is 37.6 Å². The molecule has 0 radical (unpaired) electrons. The Balaban J connectivity index is 1.35. The van der Waals surface area contributed by atoms with Gasteiger partial charge in [0.1, 0.15) is 12.3 Å². The van der Waals surface area contributed by atoms with E-state index in [0.717, 1.165) is 18.5 Å². The van der Waals surface area contributed by atoms with Crippen LogP contribution in [-0.4, -0.2) is 54.9 Å². The number of methoxy groups -OCH3 is 1. The van der Waals surface area contributed by atoms with Gasteiger partial charge >= 0.3 is 0 Å². The molecule has 4 rings (SSSR count). The van der Waals surface area contributed by atoms with Crippen molar-refractivity contribution in [3.8, 4) is 5.75 Å². The van der Waals surface area contributed by atoms with E-state index >= 15 is 0 Å². The highest BCUT2D eigenvalue weighted by atomic mass is 32.1. The molecule has 3 amide bonds. The number of anilines is 1. The summed E-state index contributed by atoms with van der Waals surface area (Å²) in [6, 6.07) is 11.4. The highest BCUT2D eigenvalue weighted by molar-refractivity contribution is 7.09. The van der Waals surface area contributed by atoms with Crippen molar-refractivity contribution in [1.82, 2.24) is 10.2 Å². The van der Waals surface area contributed by atoms with E-state index in [4.69, 9.17) is 4.74 Å². The van der Waals surface area contributed by atoms with Gasteiger partial charge in [0.2, 0.25) is 17.7 Å². The van der Waals surface area contributed by atoms with E-state index in [2.05, 4.69) is 11.4 Å². The van der Waals surface area contributed by atoms with E-state index in [1.807, 2.05) is 35.7 Å². The Bertz CT molecular complexity index is 961. The van der Waals surface area contributed by atoms with E-state index in [1.165, 1.54) is 4.88 Å². The lowest BCUT2D eigenvalue weighted by Gasteiger charge is -2.35. The van der Waals surface area contributed by atoms with Gasteiger partial charge in [-0.05, 0) is 36.4 Å². The van der Waals surface area contributed by atoms with Crippen LogP contribution >= 0.6 is 11.3 Å². The Kier molecular flexibility index (Phi) is 6.27. The lowest BCUT2D eigenvalue weighted by molar-refractivity contribution is -0.137. The SMILES string of the molecule is COc1cccc(N2CCN(C(=O)CC[C@@]3(Cc4cccs4)CCC(=O)N3)CC2=O)c1. The van der Waals surface area contributed by atoms with Crippen LogP contribution in [0.1, 0.15) is 30.6 Å². The van der Waals surface area contributed by atoms with Gasteiger partial charge in [-0.2, -0.15) is 0 Å². The van der Waals surface area contributed by atoms with Crippen molar-refractivity contribution in [3.05, 3.63) is 46.7 Å². The molecule has 0 unspecified atom stereocenters. The van der Waals surface area contributed by atoms with Crippen LogP contribution < -0.4 is 15.0 Å². The number of thiophene rings is 1. The molecule has 0 aliphatic carbocycles. The molecule has 0 saturated carbocycles. The molecule has 2 aromatic rings. The first-order valence-electron chi connectivity index (χ1n) is 10.5. The minimum Gasteiger partial charge on any atom is -0.497 e. The first-order chi connectivity index (χ1) is 15.0. The zero-order valence-electron chi connectivity index (χ0n) is 17.6. The van der Waals surface area contributed by atoms with Crippen molar-refractivity contribution in [3.63, 3.8) is 0 Å². The monoisotopic (exact) mass is 441 g/mol. The topological polar surface area (TPSA) is 79.0 Å². The van der Waals surface area contributed by atoms with Crippen molar-refractivity contribution < 1.29 is 19.1 Å². The minimum atomic E-state index is -0.371. The number of ether oxygens (including phenoxy) is 1. The predicted molar refractivity (Wildman–Crippen MR) is 119 cm³/mol. The quantitative estimate of drug-likeness (QED) is 0.716. The summed E-state index contributed by atoms with van der Waals surface area (Å²) in [5.74, 6) is 0.602. The third kappa shape index (κ3) is 4.90. The fourth-order valence-corrected chi connectivity index (χ4v) is 5.22. The lowest BCUT2D eigenvalue weighted by Crippen LogP contribution is -2.53. The van der Waals surface area contributed by atoms with Crippen LogP contribution in [0.15, 0.2) is 41.8 Å². The van der Waals surface area contributed by atoms with Gasteiger partial charge in [-0.25, -0.2) is 0 Å². The Morgan fingerprint density at radius 3 is 2.77 bits per heavy atom. The molecule has 31 heavy (non-hydrogen) atoms. The second kappa shape index (κ2) is 9.09. The number of hydrogen-bond donors (Lipinski definition) is 1. The maximum atomic E-state index is 12.9. The van der Waals surface area contributed by atoms with Crippen molar-refractivity contribution in [1.29, 1.82) is 0 Å². The number of nitrogens with one attached hydrogen (secondary N) is 1. The molecule has 3 heterocycles. The van der Waals surface area contributed by atoms with Crippen LogP contribution in [0.2, 0.25) is 0 Å².